The number of hydrogen-bond acceptors (Lipinski definition) is 3. The van der Waals surface area contributed by atoms with E-state index in [0.717, 1.165) is 18.4 Å². The molecule has 3 nitrogen and oxygen atoms in total. The predicted octanol–water partition coefficient (Wildman–Crippen LogP) is 3.85. The smallest absolute Gasteiger partial charge is 0.0889 e. The summed E-state index contributed by atoms with van der Waals surface area (Å²) in [5.74, 6) is 5.78. The fourth-order valence-electron chi connectivity index (χ4n) is 3.02. The van der Waals surface area contributed by atoms with Crippen molar-refractivity contribution >= 4 is 23.2 Å². The molecule has 1 unspecified atom stereocenters. The van der Waals surface area contributed by atoms with Gasteiger partial charge in [0.2, 0.25) is 0 Å². The first kappa shape index (κ1) is 15.1. The zero-order valence-electron chi connectivity index (χ0n) is 11.1. The van der Waals surface area contributed by atoms with Crippen molar-refractivity contribution in [1.29, 1.82) is 0 Å². The Morgan fingerprint density at radius 3 is 2.53 bits per heavy atom. The molecule has 1 aliphatic rings. The van der Waals surface area contributed by atoms with Crippen molar-refractivity contribution in [2.45, 2.75) is 44.2 Å². The number of benzene rings is 1. The molecule has 1 fully saturated rings. The minimum absolute atomic E-state index is 0.0651. The van der Waals surface area contributed by atoms with Gasteiger partial charge in [-0.2, -0.15) is 0 Å². The second kappa shape index (κ2) is 6.42. The van der Waals surface area contributed by atoms with Crippen LogP contribution in [0, 0.1) is 0 Å². The fraction of sp³-hybridized carbons (Fsp3) is 0.571. The zero-order chi connectivity index (χ0) is 13.9. The van der Waals surface area contributed by atoms with E-state index in [1.807, 2.05) is 19.1 Å². The second-order valence-electron chi connectivity index (χ2n) is 4.98. The molecule has 0 bridgehead atoms. The Kier molecular flexibility index (Phi) is 5.09. The minimum Gasteiger partial charge on any atom is -0.373 e. The Bertz CT molecular complexity index is 433. The van der Waals surface area contributed by atoms with E-state index in [-0.39, 0.29) is 11.6 Å². The third kappa shape index (κ3) is 3.06. The summed E-state index contributed by atoms with van der Waals surface area (Å²) in [5, 5.41) is 1.10. The fourth-order valence-corrected chi connectivity index (χ4v) is 3.33. The zero-order valence-corrected chi connectivity index (χ0v) is 12.6. The molecule has 0 amide bonds. The van der Waals surface area contributed by atoms with E-state index in [2.05, 4.69) is 5.43 Å². The lowest BCUT2D eigenvalue weighted by atomic mass is 9.87. The van der Waals surface area contributed by atoms with Crippen LogP contribution in [-0.2, 0) is 4.74 Å². The third-order valence-corrected chi connectivity index (χ3v) is 4.59. The topological polar surface area (TPSA) is 47.3 Å². The Labute approximate surface area is 124 Å². The minimum atomic E-state index is -0.235. The van der Waals surface area contributed by atoms with E-state index in [1.165, 1.54) is 12.8 Å². The van der Waals surface area contributed by atoms with Crippen molar-refractivity contribution in [2.75, 3.05) is 6.61 Å². The lowest BCUT2D eigenvalue weighted by Gasteiger charge is -2.37. The van der Waals surface area contributed by atoms with Crippen LogP contribution in [-0.4, -0.2) is 12.2 Å². The van der Waals surface area contributed by atoms with Gasteiger partial charge < -0.3 is 4.74 Å². The maximum Gasteiger partial charge on any atom is 0.0889 e. The number of nitrogens with two attached hydrogens (primary N) is 1. The van der Waals surface area contributed by atoms with Crippen LogP contribution in [0.2, 0.25) is 10.0 Å². The van der Waals surface area contributed by atoms with E-state index < -0.39 is 0 Å². The van der Waals surface area contributed by atoms with E-state index in [1.54, 1.807) is 6.07 Å². The van der Waals surface area contributed by atoms with Gasteiger partial charge in [0, 0.05) is 6.61 Å². The lowest BCUT2D eigenvalue weighted by molar-refractivity contribution is -0.0627. The maximum atomic E-state index is 6.10. The van der Waals surface area contributed by atoms with Gasteiger partial charge in [-0.25, -0.2) is 0 Å². The van der Waals surface area contributed by atoms with Gasteiger partial charge >= 0.3 is 0 Å². The first-order chi connectivity index (χ1) is 9.13. The van der Waals surface area contributed by atoms with E-state index >= 15 is 0 Å². The predicted molar refractivity (Wildman–Crippen MR) is 79.4 cm³/mol. The summed E-state index contributed by atoms with van der Waals surface area (Å²) in [4.78, 5) is 0. The molecule has 2 rings (SSSR count). The van der Waals surface area contributed by atoms with Gasteiger partial charge in [-0.3, -0.25) is 11.3 Å². The summed E-state index contributed by atoms with van der Waals surface area (Å²) in [6, 6.07) is 5.56. The summed E-state index contributed by atoms with van der Waals surface area (Å²) in [6.45, 7) is 2.70. The van der Waals surface area contributed by atoms with Gasteiger partial charge in [-0.15, -0.1) is 0 Å². The Hall–Kier alpha value is -0.320. The molecule has 106 valence electrons. The van der Waals surface area contributed by atoms with Gasteiger partial charge in [-0.05, 0) is 37.5 Å². The summed E-state index contributed by atoms with van der Waals surface area (Å²) in [5.41, 5.74) is 3.69. The average Bonchev–Trinajstić information content (AvgIpc) is 2.84. The van der Waals surface area contributed by atoms with Crippen molar-refractivity contribution in [3.8, 4) is 0 Å². The first-order valence-electron chi connectivity index (χ1n) is 6.68. The summed E-state index contributed by atoms with van der Waals surface area (Å²) >= 11 is 12.1. The molecule has 1 atom stereocenters. The molecular weight excluding hydrogens is 283 g/mol. The molecule has 0 spiro atoms. The molecule has 0 heterocycles. The van der Waals surface area contributed by atoms with Crippen LogP contribution in [0.3, 0.4) is 0 Å². The van der Waals surface area contributed by atoms with Crippen molar-refractivity contribution < 1.29 is 4.74 Å². The van der Waals surface area contributed by atoms with Gasteiger partial charge in [0.1, 0.15) is 0 Å². The SMILES string of the molecule is CCOC1(C(NN)c2ccc(Cl)c(Cl)c2)CCCC1. The molecule has 0 aliphatic heterocycles. The van der Waals surface area contributed by atoms with Gasteiger partial charge in [0.05, 0.1) is 21.7 Å². The van der Waals surface area contributed by atoms with E-state index in [0.29, 0.717) is 16.7 Å². The van der Waals surface area contributed by atoms with Gasteiger partial charge in [0.25, 0.3) is 0 Å². The molecule has 19 heavy (non-hydrogen) atoms. The normalized spacial score (nSPS) is 19.6. The molecule has 0 radical (unpaired) electrons. The molecule has 1 aromatic rings. The van der Waals surface area contributed by atoms with Crippen molar-refractivity contribution in [3.05, 3.63) is 33.8 Å². The van der Waals surface area contributed by atoms with E-state index in [9.17, 15) is 0 Å². The highest BCUT2D eigenvalue weighted by Gasteiger charge is 2.42. The third-order valence-electron chi connectivity index (χ3n) is 3.85. The van der Waals surface area contributed by atoms with Crippen LogP contribution in [0.1, 0.15) is 44.2 Å². The largest absolute Gasteiger partial charge is 0.373 e. The molecule has 1 aromatic carbocycles. The summed E-state index contributed by atoms with van der Waals surface area (Å²) in [6.07, 6.45) is 4.35. The summed E-state index contributed by atoms with van der Waals surface area (Å²) < 4.78 is 6.05. The number of halogens is 2. The van der Waals surface area contributed by atoms with Crippen LogP contribution in [0.25, 0.3) is 0 Å². The van der Waals surface area contributed by atoms with Crippen molar-refractivity contribution in [3.63, 3.8) is 0 Å². The standard InChI is InChI=1S/C14H20Cl2N2O/c1-2-19-14(7-3-4-8-14)13(18-17)10-5-6-11(15)12(16)9-10/h5-6,9,13,18H,2-4,7-8,17H2,1H3. The van der Waals surface area contributed by atoms with Crippen LogP contribution in [0.5, 0.6) is 0 Å². The highest BCUT2D eigenvalue weighted by molar-refractivity contribution is 6.42. The van der Waals surface area contributed by atoms with Crippen LogP contribution < -0.4 is 11.3 Å². The number of rotatable bonds is 5. The molecule has 5 heteroatoms. The quantitative estimate of drug-likeness (QED) is 0.641. The summed E-state index contributed by atoms with van der Waals surface area (Å²) in [7, 11) is 0. The second-order valence-corrected chi connectivity index (χ2v) is 5.79. The maximum absolute atomic E-state index is 6.10. The number of nitrogens with one attached hydrogen (secondary N) is 1. The lowest BCUT2D eigenvalue weighted by Crippen LogP contribution is -2.47. The Balaban J connectivity index is 2.33. The number of hydrazine groups is 1. The van der Waals surface area contributed by atoms with Crippen molar-refractivity contribution in [2.24, 2.45) is 5.84 Å². The monoisotopic (exact) mass is 302 g/mol. The average molecular weight is 303 g/mol. The van der Waals surface area contributed by atoms with E-state index in [4.69, 9.17) is 33.8 Å². The molecule has 1 saturated carbocycles. The molecule has 0 aromatic heterocycles. The van der Waals surface area contributed by atoms with Crippen LogP contribution in [0.15, 0.2) is 18.2 Å². The molecular formula is C14H20Cl2N2O. The highest BCUT2D eigenvalue weighted by atomic mass is 35.5. The Morgan fingerprint density at radius 2 is 2.00 bits per heavy atom. The van der Waals surface area contributed by atoms with Gasteiger partial charge in [0.15, 0.2) is 0 Å². The Morgan fingerprint density at radius 1 is 1.32 bits per heavy atom. The molecule has 1 aliphatic carbocycles. The number of ether oxygens (including phenoxy) is 1. The van der Waals surface area contributed by atoms with Crippen LogP contribution in [0.4, 0.5) is 0 Å². The molecule has 0 saturated heterocycles. The number of hydrogen-bond donors (Lipinski definition) is 2. The highest BCUT2D eigenvalue weighted by Crippen LogP contribution is 2.43. The van der Waals surface area contributed by atoms with Gasteiger partial charge in [-0.1, -0.05) is 42.1 Å². The van der Waals surface area contributed by atoms with Crippen LogP contribution >= 0.6 is 23.2 Å². The first-order valence-corrected chi connectivity index (χ1v) is 7.43. The van der Waals surface area contributed by atoms with Crippen molar-refractivity contribution in [1.82, 2.24) is 5.43 Å². The molecule has 3 N–H and O–H groups in total.